The predicted molar refractivity (Wildman–Crippen MR) is 119 cm³/mol. The topological polar surface area (TPSA) is 0 Å². The van der Waals surface area contributed by atoms with Crippen molar-refractivity contribution in [2.24, 2.45) is 5.92 Å². The minimum absolute atomic E-state index is 0.220. The molecule has 0 nitrogen and oxygen atoms in total. The summed E-state index contributed by atoms with van der Waals surface area (Å²) in [5, 5.41) is 0. The van der Waals surface area contributed by atoms with Crippen LogP contribution in [0.3, 0.4) is 0 Å². The van der Waals surface area contributed by atoms with Gasteiger partial charge in [-0.3, -0.25) is 0 Å². The molecule has 1 saturated carbocycles. The summed E-state index contributed by atoms with van der Waals surface area (Å²) in [5.74, 6) is 0.931. The van der Waals surface area contributed by atoms with Crippen LogP contribution in [-0.2, 0) is 18.3 Å². The molecule has 0 N–H and O–H groups in total. The van der Waals surface area contributed by atoms with Gasteiger partial charge in [0, 0.05) is 5.41 Å². The normalized spacial score (nSPS) is 17.1. The van der Waals surface area contributed by atoms with Crippen molar-refractivity contribution in [3.05, 3.63) is 70.8 Å². The van der Waals surface area contributed by atoms with E-state index in [-0.39, 0.29) is 5.41 Å². The Balaban J connectivity index is 2.00. The van der Waals surface area contributed by atoms with Gasteiger partial charge in [0.1, 0.15) is 0 Å². The Hall–Kier alpha value is -1.56. The first kappa shape index (κ1) is 20.2. The fourth-order valence-electron chi connectivity index (χ4n) is 5.24. The third-order valence-corrected chi connectivity index (χ3v) is 6.69. The van der Waals surface area contributed by atoms with E-state index in [9.17, 15) is 0 Å². The third kappa shape index (κ3) is 4.65. The summed E-state index contributed by atoms with van der Waals surface area (Å²) in [6, 6.07) is 19.1. The van der Waals surface area contributed by atoms with Crippen molar-refractivity contribution in [3.63, 3.8) is 0 Å². The molecule has 27 heavy (non-hydrogen) atoms. The molecule has 0 atom stereocenters. The number of hydrogen-bond donors (Lipinski definition) is 0. The second kappa shape index (κ2) is 9.58. The van der Waals surface area contributed by atoms with Gasteiger partial charge in [0.15, 0.2) is 0 Å². The van der Waals surface area contributed by atoms with Crippen LogP contribution in [0.4, 0.5) is 0 Å². The maximum Gasteiger partial charge on any atom is 0.0203 e. The molecule has 3 rings (SSSR count). The molecule has 1 aliphatic carbocycles. The van der Waals surface area contributed by atoms with Crippen LogP contribution in [0.5, 0.6) is 0 Å². The smallest absolute Gasteiger partial charge is 0.0203 e. The van der Waals surface area contributed by atoms with E-state index in [1.165, 1.54) is 75.3 Å². The Morgan fingerprint density at radius 1 is 0.741 bits per heavy atom. The molecular formula is C27H38. The van der Waals surface area contributed by atoms with Crippen molar-refractivity contribution >= 4 is 0 Å². The van der Waals surface area contributed by atoms with Crippen molar-refractivity contribution in [1.29, 1.82) is 0 Å². The number of aryl methyl sites for hydroxylation is 2. The van der Waals surface area contributed by atoms with E-state index < -0.39 is 0 Å². The minimum Gasteiger partial charge on any atom is -0.0654 e. The molecule has 2 aromatic rings. The quantitative estimate of drug-likeness (QED) is 0.448. The maximum absolute atomic E-state index is 2.52. The number of benzene rings is 2. The van der Waals surface area contributed by atoms with Crippen molar-refractivity contribution in [3.8, 4) is 0 Å². The summed E-state index contributed by atoms with van der Waals surface area (Å²) in [6.45, 7) is 6.91. The van der Waals surface area contributed by atoms with Gasteiger partial charge in [0.25, 0.3) is 0 Å². The van der Waals surface area contributed by atoms with Crippen molar-refractivity contribution in [2.75, 3.05) is 0 Å². The first-order valence-corrected chi connectivity index (χ1v) is 11.4. The van der Waals surface area contributed by atoms with Crippen LogP contribution >= 0.6 is 0 Å². The van der Waals surface area contributed by atoms with Crippen LogP contribution in [0.2, 0.25) is 0 Å². The molecule has 0 bridgehead atoms. The maximum atomic E-state index is 2.52. The lowest BCUT2D eigenvalue weighted by Gasteiger charge is -2.42. The first-order chi connectivity index (χ1) is 13.2. The lowest BCUT2D eigenvalue weighted by Crippen LogP contribution is -2.33. The van der Waals surface area contributed by atoms with Gasteiger partial charge in [0.2, 0.25) is 0 Å². The Kier molecular flexibility index (Phi) is 7.16. The highest BCUT2D eigenvalue weighted by atomic mass is 14.4. The highest BCUT2D eigenvalue weighted by Crippen LogP contribution is 2.47. The number of hydrogen-bond acceptors (Lipinski definition) is 0. The fraction of sp³-hybridized carbons (Fsp3) is 0.556. The van der Waals surface area contributed by atoms with Crippen molar-refractivity contribution < 1.29 is 0 Å². The minimum atomic E-state index is 0.220. The van der Waals surface area contributed by atoms with E-state index in [2.05, 4.69) is 69.3 Å². The Morgan fingerprint density at radius 2 is 1.26 bits per heavy atom. The van der Waals surface area contributed by atoms with E-state index in [1.54, 1.807) is 11.1 Å². The van der Waals surface area contributed by atoms with Gasteiger partial charge in [-0.25, -0.2) is 0 Å². The molecule has 0 amide bonds. The molecule has 2 aromatic carbocycles. The molecule has 0 spiro atoms. The summed E-state index contributed by atoms with van der Waals surface area (Å²) in [4.78, 5) is 0. The fourth-order valence-corrected chi connectivity index (χ4v) is 5.24. The number of rotatable bonds is 8. The van der Waals surface area contributed by atoms with Crippen LogP contribution in [0.1, 0.15) is 94.4 Å². The Morgan fingerprint density at radius 3 is 1.70 bits per heavy atom. The average molecular weight is 363 g/mol. The van der Waals surface area contributed by atoms with Gasteiger partial charge in [-0.2, -0.15) is 0 Å². The molecule has 0 saturated heterocycles. The third-order valence-electron chi connectivity index (χ3n) is 6.69. The summed E-state index contributed by atoms with van der Waals surface area (Å²) in [6.07, 6.45) is 12.9. The van der Waals surface area contributed by atoms with Gasteiger partial charge in [-0.1, -0.05) is 95.0 Å². The molecule has 0 heterocycles. The SMILES string of the molecule is CCCc1cccc(C2(c3cccc(CCC)c3)CCC(CCC)CC2)c1. The molecule has 0 unspecified atom stereocenters. The van der Waals surface area contributed by atoms with E-state index in [0.29, 0.717) is 0 Å². The van der Waals surface area contributed by atoms with Crippen LogP contribution in [0, 0.1) is 5.92 Å². The van der Waals surface area contributed by atoms with E-state index in [0.717, 1.165) is 5.92 Å². The first-order valence-electron chi connectivity index (χ1n) is 11.4. The average Bonchev–Trinajstić information content (AvgIpc) is 2.70. The highest BCUT2D eigenvalue weighted by Gasteiger charge is 2.38. The van der Waals surface area contributed by atoms with Gasteiger partial charge >= 0.3 is 0 Å². The van der Waals surface area contributed by atoms with E-state index in [1.807, 2.05) is 0 Å². The Bertz CT molecular complexity index is 652. The molecule has 0 radical (unpaired) electrons. The van der Waals surface area contributed by atoms with Gasteiger partial charge < -0.3 is 0 Å². The summed E-state index contributed by atoms with van der Waals surface area (Å²) >= 11 is 0. The predicted octanol–water partition coefficient (Wildman–Crippen LogP) is 7.87. The van der Waals surface area contributed by atoms with Crippen LogP contribution in [0.25, 0.3) is 0 Å². The molecule has 1 aliphatic rings. The molecule has 0 aliphatic heterocycles. The Labute approximate surface area is 167 Å². The standard InChI is InChI=1S/C27H38/c1-4-9-22-16-18-27(19-17-22,25-14-7-12-23(20-25)10-5-2)26-15-8-13-24(21-26)11-6-3/h7-8,12-15,20-22H,4-6,9-11,16-19H2,1-3H3. The van der Waals surface area contributed by atoms with E-state index >= 15 is 0 Å². The van der Waals surface area contributed by atoms with Gasteiger partial charge in [0.05, 0.1) is 0 Å². The van der Waals surface area contributed by atoms with Gasteiger partial charge in [-0.15, -0.1) is 0 Å². The second-order valence-corrected chi connectivity index (χ2v) is 8.71. The molecule has 0 aromatic heterocycles. The highest BCUT2D eigenvalue weighted by molar-refractivity contribution is 5.43. The van der Waals surface area contributed by atoms with Crippen molar-refractivity contribution in [1.82, 2.24) is 0 Å². The zero-order valence-corrected chi connectivity index (χ0v) is 17.8. The second-order valence-electron chi connectivity index (χ2n) is 8.71. The van der Waals surface area contributed by atoms with Crippen LogP contribution in [-0.4, -0.2) is 0 Å². The zero-order valence-electron chi connectivity index (χ0n) is 17.8. The largest absolute Gasteiger partial charge is 0.0654 e. The molecule has 1 fully saturated rings. The summed E-state index contributed by atoms with van der Waals surface area (Å²) < 4.78 is 0. The lowest BCUT2D eigenvalue weighted by atomic mass is 9.62. The van der Waals surface area contributed by atoms with Crippen molar-refractivity contribution in [2.45, 2.75) is 90.4 Å². The van der Waals surface area contributed by atoms with Gasteiger partial charge in [-0.05, 0) is 66.7 Å². The molecule has 146 valence electrons. The zero-order chi connectivity index (χ0) is 19.1. The molecular weight excluding hydrogens is 324 g/mol. The monoisotopic (exact) mass is 362 g/mol. The van der Waals surface area contributed by atoms with E-state index in [4.69, 9.17) is 0 Å². The summed E-state index contributed by atoms with van der Waals surface area (Å²) in [7, 11) is 0. The lowest BCUT2D eigenvalue weighted by molar-refractivity contribution is 0.253. The van der Waals surface area contributed by atoms with Crippen LogP contribution < -0.4 is 0 Å². The van der Waals surface area contributed by atoms with Crippen LogP contribution in [0.15, 0.2) is 48.5 Å². The summed E-state index contributed by atoms with van der Waals surface area (Å²) in [5.41, 5.74) is 6.37. The molecule has 0 heteroatoms.